The maximum Gasteiger partial charge on any atom is 0.261 e. The summed E-state index contributed by atoms with van der Waals surface area (Å²) in [4.78, 5) is 0.283. The van der Waals surface area contributed by atoms with Crippen molar-refractivity contribution in [2.45, 2.75) is 30.6 Å². The largest absolute Gasteiger partial charge is 0.507 e. The predicted octanol–water partition coefficient (Wildman–Crippen LogP) is 4.23. The number of phenolic OH excluding ortho intramolecular Hbond substituents is 1. The fraction of sp³-hybridized carbons (Fsp3) is 0.200. The number of fused-ring (bicyclic) bond motifs is 2. The summed E-state index contributed by atoms with van der Waals surface area (Å²) >= 11 is 0. The molecule has 0 heterocycles. The van der Waals surface area contributed by atoms with Crippen LogP contribution in [-0.4, -0.2) is 13.5 Å². The third-order valence-corrected chi connectivity index (χ3v) is 6.14. The number of aromatic hydroxyl groups is 1. The highest BCUT2D eigenvalue weighted by molar-refractivity contribution is 7.92. The Morgan fingerprint density at radius 1 is 0.840 bits per heavy atom. The first kappa shape index (κ1) is 16.0. The molecule has 2 N–H and O–H groups in total. The van der Waals surface area contributed by atoms with E-state index in [1.165, 1.54) is 5.56 Å². The van der Waals surface area contributed by atoms with Crippen LogP contribution in [0, 0.1) is 0 Å². The van der Waals surface area contributed by atoms with E-state index in [-0.39, 0.29) is 10.6 Å². The summed E-state index contributed by atoms with van der Waals surface area (Å²) in [6.45, 7) is 0. The van der Waals surface area contributed by atoms with Gasteiger partial charge < -0.3 is 5.11 Å². The van der Waals surface area contributed by atoms with Crippen molar-refractivity contribution < 1.29 is 13.5 Å². The molecule has 0 atom stereocenters. The molecular formula is C20H19NO3S. The maximum absolute atomic E-state index is 12.8. The second-order valence-electron chi connectivity index (χ2n) is 6.42. The number of phenols is 1. The van der Waals surface area contributed by atoms with E-state index in [0.29, 0.717) is 16.5 Å². The van der Waals surface area contributed by atoms with Crippen LogP contribution in [0.25, 0.3) is 10.8 Å². The molecule has 0 aromatic heterocycles. The minimum absolute atomic E-state index is 0.132. The second-order valence-corrected chi connectivity index (χ2v) is 8.10. The Morgan fingerprint density at radius 2 is 1.56 bits per heavy atom. The highest BCUT2D eigenvalue weighted by atomic mass is 32.2. The molecule has 0 saturated heterocycles. The quantitative estimate of drug-likeness (QED) is 0.741. The molecule has 0 bridgehead atoms. The van der Waals surface area contributed by atoms with Gasteiger partial charge >= 0.3 is 0 Å². The van der Waals surface area contributed by atoms with Crippen molar-refractivity contribution in [2.24, 2.45) is 0 Å². The van der Waals surface area contributed by atoms with Crippen LogP contribution in [0.4, 0.5) is 5.69 Å². The van der Waals surface area contributed by atoms with Gasteiger partial charge in [0.2, 0.25) is 0 Å². The van der Waals surface area contributed by atoms with Crippen molar-refractivity contribution in [1.29, 1.82) is 0 Å². The zero-order valence-electron chi connectivity index (χ0n) is 13.7. The molecule has 4 rings (SSSR count). The molecular weight excluding hydrogens is 334 g/mol. The third kappa shape index (κ3) is 2.96. The van der Waals surface area contributed by atoms with Gasteiger partial charge in [0.15, 0.2) is 0 Å². The minimum atomic E-state index is -3.68. The lowest BCUT2D eigenvalue weighted by Gasteiger charge is -2.17. The second kappa shape index (κ2) is 6.08. The Morgan fingerprint density at radius 3 is 2.40 bits per heavy atom. The first-order valence-corrected chi connectivity index (χ1v) is 9.88. The number of aryl methyl sites for hydroxylation is 2. The van der Waals surface area contributed by atoms with Crippen LogP contribution in [0.3, 0.4) is 0 Å². The van der Waals surface area contributed by atoms with Gasteiger partial charge in [-0.25, -0.2) is 8.42 Å². The summed E-state index contributed by atoms with van der Waals surface area (Å²) in [5.41, 5.74) is 2.84. The molecule has 0 aliphatic heterocycles. The van der Waals surface area contributed by atoms with Crippen molar-refractivity contribution in [3.63, 3.8) is 0 Å². The lowest BCUT2D eigenvalue weighted by molar-refractivity contribution is 0.481. The monoisotopic (exact) mass is 353 g/mol. The van der Waals surface area contributed by atoms with Crippen molar-refractivity contribution in [1.82, 2.24) is 0 Å². The van der Waals surface area contributed by atoms with Crippen LogP contribution in [0.2, 0.25) is 0 Å². The number of hydrogen-bond acceptors (Lipinski definition) is 3. The molecule has 4 nitrogen and oxygen atoms in total. The standard InChI is InChI=1S/C20H19NO3S/c22-20-10-4-7-17-18(20)8-3-9-19(17)21-25(23,24)16-12-11-14-5-1-2-6-15(14)13-16/h3-4,7-13,21-22H,1-2,5-6H2. The molecule has 0 unspecified atom stereocenters. The Kier molecular flexibility index (Phi) is 3.88. The number of anilines is 1. The summed E-state index contributed by atoms with van der Waals surface area (Å²) < 4.78 is 28.4. The molecule has 1 aliphatic rings. The average molecular weight is 353 g/mol. The van der Waals surface area contributed by atoms with Crippen LogP contribution < -0.4 is 4.72 Å². The van der Waals surface area contributed by atoms with E-state index >= 15 is 0 Å². The van der Waals surface area contributed by atoms with Gasteiger partial charge in [-0.05, 0) is 61.1 Å². The topological polar surface area (TPSA) is 66.4 Å². The summed E-state index contributed by atoms with van der Waals surface area (Å²) in [7, 11) is -3.68. The van der Waals surface area contributed by atoms with Gasteiger partial charge in [-0.2, -0.15) is 0 Å². The minimum Gasteiger partial charge on any atom is -0.507 e. The summed E-state index contributed by atoms with van der Waals surface area (Å²) in [5, 5.41) is 11.3. The van der Waals surface area contributed by atoms with E-state index in [4.69, 9.17) is 0 Å². The normalized spacial score (nSPS) is 14.2. The van der Waals surface area contributed by atoms with Crippen molar-refractivity contribution in [2.75, 3.05) is 4.72 Å². The van der Waals surface area contributed by atoms with Gasteiger partial charge in [-0.1, -0.05) is 30.3 Å². The highest BCUT2D eigenvalue weighted by Crippen LogP contribution is 2.31. The van der Waals surface area contributed by atoms with E-state index in [1.807, 2.05) is 6.07 Å². The van der Waals surface area contributed by atoms with E-state index < -0.39 is 10.0 Å². The number of nitrogens with one attached hydrogen (secondary N) is 1. The number of sulfonamides is 1. The Labute approximate surface area is 147 Å². The molecule has 0 radical (unpaired) electrons. The zero-order chi connectivity index (χ0) is 17.4. The molecule has 0 saturated carbocycles. The van der Waals surface area contributed by atoms with Crippen molar-refractivity contribution in [3.8, 4) is 5.75 Å². The molecule has 5 heteroatoms. The van der Waals surface area contributed by atoms with E-state index in [0.717, 1.165) is 31.2 Å². The first-order valence-electron chi connectivity index (χ1n) is 8.40. The average Bonchev–Trinajstić information content (AvgIpc) is 2.62. The third-order valence-electron chi connectivity index (χ3n) is 4.77. The Bertz CT molecular complexity index is 1060. The zero-order valence-corrected chi connectivity index (χ0v) is 14.5. The van der Waals surface area contributed by atoms with Crippen LogP contribution >= 0.6 is 0 Å². The first-order chi connectivity index (χ1) is 12.0. The molecule has 3 aromatic carbocycles. The van der Waals surface area contributed by atoms with Gasteiger partial charge in [0, 0.05) is 10.8 Å². The molecule has 0 amide bonds. The van der Waals surface area contributed by atoms with E-state index in [2.05, 4.69) is 4.72 Å². The molecule has 128 valence electrons. The fourth-order valence-corrected chi connectivity index (χ4v) is 4.59. The lowest BCUT2D eigenvalue weighted by atomic mass is 9.92. The predicted molar refractivity (Wildman–Crippen MR) is 99.5 cm³/mol. The number of hydrogen-bond donors (Lipinski definition) is 2. The van der Waals surface area contributed by atoms with Gasteiger partial charge in [-0.15, -0.1) is 0 Å². The van der Waals surface area contributed by atoms with Gasteiger partial charge in [0.25, 0.3) is 10.0 Å². The smallest absolute Gasteiger partial charge is 0.261 e. The van der Waals surface area contributed by atoms with Crippen LogP contribution in [0.15, 0.2) is 59.5 Å². The Balaban J connectivity index is 1.74. The van der Waals surface area contributed by atoms with Gasteiger partial charge in [0.05, 0.1) is 10.6 Å². The van der Waals surface area contributed by atoms with Gasteiger partial charge in [-0.3, -0.25) is 4.72 Å². The van der Waals surface area contributed by atoms with E-state index in [1.54, 1.807) is 48.5 Å². The SMILES string of the molecule is O=S(=O)(Nc1cccc2c(O)cccc12)c1ccc2c(c1)CCCC2. The van der Waals surface area contributed by atoms with E-state index in [9.17, 15) is 13.5 Å². The number of benzene rings is 3. The number of rotatable bonds is 3. The molecule has 1 aliphatic carbocycles. The summed E-state index contributed by atoms with van der Waals surface area (Å²) in [6.07, 6.45) is 4.22. The lowest BCUT2D eigenvalue weighted by Crippen LogP contribution is -2.14. The summed E-state index contributed by atoms with van der Waals surface area (Å²) in [5.74, 6) is 0.132. The van der Waals surface area contributed by atoms with Crippen LogP contribution in [-0.2, 0) is 22.9 Å². The maximum atomic E-state index is 12.8. The molecule has 0 fully saturated rings. The van der Waals surface area contributed by atoms with Crippen LogP contribution in [0.5, 0.6) is 5.75 Å². The van der Waals surface area contributed by atoms with Gasteiger partial charge in [0.1, 0.15) is 5.75 Å². The Hall–Kier alpha value is -2.53. The fourth-order valence-electron chi connectivity index (χ4n) is 3.46. The molecule has 0 spiro atoms. The van der Waals surface area contributed by atoms with Crippen LogP contribution in [0.1, 0.15) is 24.0 Å². The van der Waals surface area contributed by atoms with Crippen molar-refractivity contribution in [3.05, 3.63) is 65.7 Å². The summed E-state index contributed by atoms with van der Waals surface area (Å²) in [6, 6.07) is 15.7. The molecule has 3 aromatic rings. The highest BCUT2D eigenvalue weighted by Gasteiger charge is 2.19. The van der Waals surface area contributed by atoms with Crippen molar-refractivity contribution >= 4 is 26.5 Å². The molecule has 25 heavy (non-hydrogen) atoms.